The zero-order chi connectivity index (χ0) is 13.8. The number of aromatic carboxylic acids is 1. The molecule has 0 bridgehead atoms. The van der Waals surface area contributed by atoms with Crippen LogP contribution in [0.2, 0.25) is 0 Å². The molecule has 0 spiro atoms. The van der Waals surface area contributed by atoms with Gasteiger partial charge in [0.1, 0.15) is 5.75 Å². The van der Waals surface area contributed by atoms with Gasteiger partial charge in [-0.05, 0) is 24.3 Å². The quantitative estimate of drug-likeness (QED) is 0.920. The maximum absolute atomic E-state index is 12.0. The summed E-state index contributed by atoms with van der Waals surface area (Å²) in [6, 6.07) is 5.67. The van der Waals surface area contributed by atoms with Crippen LogP contribution in [0, 0.1) is 0 Å². The second kappa shape index (κ2) is 5.38. The molecule has 0 saturated carbocycles. The molecule has 0 aliphatic rings. The number of benzene rings is 1. The SMILES string of the molecule is O=C(O)c1cncc(-c2ccc(OC(F)F)cc2)n1. The lowest BCUT2D eigenvalue weighted by molar-refractivity contribution is -0.0498. The van der Waals surface area contributed by atoms with Gasteiger partial charge in [0, 0.05) is 5.56 Å². The monoisotopic (exact) mass is 266 g/mol. The van der Waals surface area contributed by atoms with E-state index in [1.165, 1.54) is 30.5 Å². The first-order valence-corrected chi connectivity index (χ1v) is 5.17. The van der Waals surface area contributed by atoms with Gasteiger partial charge in [0.2, 0.25) is 0 Å². The van der Waals surface area contributed by atoms with Crippen molar-refractivity contribution >= 4 is 5.97 Å². The molecule has 0 amide bonds. The molecule has 98 valence electrons. The van der Waals surface area contributed by atoms with E-state index >= 15 is 0 Å². The Kier molecular flexibility index (Phi) is 3.65. The van der Waals surface area contributed by atoms with Crippen LogP contribution in [-0.2, 0) is 0 Å². The summed E-state index contributed by atoms with van der Waals surface area (Å²) >= 11 is 0. The van der Waals surface area contributed by atoms with Crippen LogP contribution >= 0.6 is 0 Å². The molecule has 0 fully saturated rings. The highest BCUT2D eigenvalue weighted by molar-refractivity contribution is 5.85. The molecule has 0 aliphatic carbocycles. The van der Waals surface area contributed by atoms with Crippen LogP contribution < -0.4 is 4.74 Å². The largest absolute Gasteiger partial charge is 0.476 e. The molecule has 1 aromatic carbocycles. The van der Waals surface area contributed by atoms with Gasteiger partial charge in [-0.1, -0.05) is 0 Å². The lowest BCUT2D eigenvalue weighted by atomic mass is 10.1. The highest BCUT2D eigenvalue weighted by Gasteiger charge is 2.08. The molecule has 0 saturated heterocycles. The number of alkyl halides is 2. The summed E-state index contributed by atoms with van der Waals surface area (Å²) in [6.07, 6.45) is 2.51. The highest BCUT2D eigenvalue weighted by atomic mass is 19.3. The second-order valence-electron chi connectivity index (χ2n) is 3.50. The molecule has 0 unspecified atom stereocenters. The molecule has 0 radical (unpaired) electrons. The Hall–Kier alpha value is -2.57. The van der Waals surface area contributed by atoms with E-state index in [1.54, 1.807) is 0 Å². The van der Waals surface area contributed by atoms with E-state index in [-0.39, 0.29) is 11.4 Å². The average molecular weight is 266 g/mol. The average Bonchev–Trinajstić information content (AvgIpc) is 2.39. The molecule has 2 aromatic rings. The van der Waals surface area contributed by atoms with Crippen molar-refractivity contribution < 1.29 is 23.4 Å². The number of halogens is 2. The molecule has 7 heteroatoms. The maximum atomic E-state index is 12.0. The summed E-state index contributed by atoms with van der Waals surface area (Å²) in [5.41, 5.74) is 0.700. The maximum Gasteiger partial charge on any atom is 0.387 e. The Balaban J connectivity index is 2.27. The molecule has 5 nitrogen and oxygen atoms in total. The van der Waals surface area contributed by atoms with E-state index in [1.807, 2.05) is 0 Å². The summed E-state index contributed by atoms with van der Waals surface area (Å²) < 4.78 is 28.2. The van der Waals surface area contributed by atoms with Crippen molar-refractivity contribution in [2.45, 2.75) is 6.61 Å². The standard InChI is InChI=1S/C12H8F2N2O3/c13-12(14)19-8-3-1-7(2-4-8)9-5-15-6-10(16-9)11(17)18/h1-6,12H,(H,17,18). The number of hydrogen-bond donors (Lipinski definition) is 1. The third kappa shape index (κ3) is 3.21. The molecular weight excluding hydrogens is 258 g/mol. The zero-order valence-corrected chi connectivity index (χ0v) is 9.46. The van der Waals surface area contributed by atoms with E-state index in [0.29, 0.717) is 11.3 Å². The van der Waals surface area contributed by atoms with E-state index in [2.05, 4.69) is 14.7 Å². The van der Waals surface area contributed by atoms with Crippen molar-refractivity contribution in [3.63, 3.8) is 0 Å². The van der Waals surface area contributed by atoms with Crippen molar-refractivity contribution in [1.29, 1.82) is 0 Å². The van der Waals surface area contributed by atoms with Crippen molar-refractivity contribution in [2.75, 3.05) is 0 Å². The lowest BCUT2D eigenvalue weighted by Crippen LogP contribution is -2.02. The fraction of sp³-hybridized carbons (Fsp3) is 0.0833. The molecule has 1 N–H and O–H groups in total. The molecule has 1 aromatic heterocycles. The number of nitrogens with zero attached hydrogens (tertiary/aromatic N) is 2. The number of carboxylic acid groups (broad SMARTS) is 1. The van der Waals surface area contributed by atoms with Gasteiger partial charge in [-0.15, -0.1) is 0 Å². The van der Waals surface area contributed by atoms with Gasteiger partial charge in [-0.2, -0.15) is 8.78 Å². The minimum Gasteiger partial charge on any atom is -0.476 e. The van der Waals surface area contributed by atoms with Crippen LogP contribution in [0.3, 0.4) is 0 Å². The number of aromatic nitrogens is 2. The summed E-state index contributed by atoms with van der Waals surface area (Å²) in [6.45, 7) is -2.89. The van der Waals surface area contributed by atoms with Gasteiger partial charge in [-0.25, -0.2) is 9.78 Å². The van der Waals surface area contributed by atoms with Gasteiger partial charge in [0.15, 0.2) is 5.69 Å². The van der Waals surface area contributed by atoms with E-state index in [4.69, 9.17) is 5.11 Å². The van der Waals surface area contributed by atoms with E-state index in [9.17, 15) is 13.6 Å². The Morgan fingerprint density at radius 1 is 1.21 bits per heavy atom. The Morgan fingerprint density at radius 3 is 2.47 bits per heavy atom. The van der Waals surface area contributed by atoms with Gasteiger partial charge >= 0.3 is 12.6 Å². The van der Waals surface area contributed by atoms with Gasteiger partial charge in [0.05, 0.1) is 18.1 Å². The predicted octanol–water partition coefficient (Wildman–Crippen LogP) is 2.44. The Morgan fingerprint density at radius 2 is 1.89 bits per heavy atom. The Bertz CT molecular complexity index is 588. The van der Waals surface area contributed by atoms with Crippen molar-refractivity contribution in [3.8, 4) is 17.0 Å². The van der Waals surface area contributed by atoms with Gasteiger partial charge < -0.3 is 9.84 Å². The third-order valence-electron chi connectivity index (χ3n) is 2.23. The van der Waals surface area contributed by atoms with Crippen LogP contribution in [0.1, 0.15) is 10.5 Å². The predicted molar refractivity (Wildman–Crippen MR) is 61.1 cm³/mol. The summed E-state index contributed by atoms with van der Waals surface area (Å²) in [5.74, 6) is -1.17. The van der Waals surface area contributed by atoms with Crippen LogP contribution in [0.4, 0.5) is 8.78 Å². The molecule has 0 aliphatic heterocycles. The molecule has 19 heavy (non-hydrogen) atoms. The van der Waals surface area contributed by atoms with Crippen LogP contribution in [-0.4, -0.2) is 27.7 Å². The first-order valence-electron chi connectivity index (χ1n) is 5.17. The first-order chi connectivity index (χ1) is 9.06. The number of carbonyl (C=O) groups is 1. The molecular formula is C12H8F2N2O3. The van der Waals surface area contributed by atoms with E-state index in [0.717, 1.165) is 6.20 Å². The number of rotatable bonds is 4. The minimum atomic E-state index is -2.89. The number of hydrogen-bond acceptors (Lipinski definition) is 4. The normalized spacial score (nSPS) is 10.5. The van der Waals surface area contributed by atoms with Crippen molar-refractivity contribution in [1.82, 2.24) is 9.97 Å². The summed E-state index contributed by atoms with van der Waals surface area (Å²) in [7, 11) is 0. The smallest absolute Gasteiger partial charge is 0.387 e. The van der Waals surface area contributed by atoms with Gasteiger partial charge in [0.25, 0.3) is 0 Å². The van der Waals surface area contributed by atoms with Crippen LogP contribution in [0.15, 0.2) is 36.7 Å². The Labute approximate surface area is 106 Å². The number of ether oxygens (including phenoxy) is 1. The molecule has 2 rings (SSSR count). The zero-order valence-electron chi connectivity index (χ0n) is 9.46. The minimum absolute atomic E-state index is 0.0149. The third-order valence-corrected chi connectivity index (χ3v) is 2.23. The summed E-state index contributed by atoms with van der Waals surface area (Å²) in [4.78, 5) is 18.4. The fourth-order valence-electron chi connectivity index (χ4n) is 1.42. The highest BCUT2D eigenvalue weighted by Crippen LogP contribution is 2.21. The lowest BCUT2D eigenvalue weighted by Gasteiger charge is -2.05. The first kappa shape index (κ1) is 12.9. The summed E-state index contributed by atoms with van der Waals surface area (Å²) in [5, 5.41) is 8.79. The number of carboxylic acids is 1. The van der Waals surface area contributed by atoms with E-state index < -0.39 is 12.6 Å². The topological polar surface area (TPSA) is 72.3 Å². The fourth-order valence-corrected chi connectivity index (χ4v) is 1.42. The van der Waals surface area contributed by atoms with Gasteiger partial charge in [-0.3, -0.25) is 4.98 Å². The molecule has 0 atom stereocenters. The van der Waals surface area contributed by atoms with Crippen molar-refractivity contribution in [2.24, 2.45) is 0 Å². The van der Waals surface area contributed by atoms with Crippen molar-refractivity contribution in [3.05, 3.63) is 42.4 Å². The second-order valence-corrected chi connectivity index (χ2v) is 3.50. The molecule has 1 heterocycles. The van der Waals surface area contributed by atoms with Crippen LogP contribution in [0.25, 0.3) is 11.3 Å². The van der Waals surface area contributed by atoms with Crippen LogP contribution in [0.5, 0.6) is 5.75 Å².